The number of aromatic hydroxyl groups is 4. The molecule has 0 aliphatic heterocycles. The zero-order chi connectivity index (χ0) is 19.1. The molecule has 0 atom stereocenters. The number of anilines is 1. The van der Waals surface area contributed by atoms with Gasteiger partial charge in [-0.3, -0.25) is 4.98 Å². The van der Waals surface area contributed by atoms with Crippen molar-refractivity contribution in [3.63, 3.8) is 0 Å². The lowest BCUT2D eigenvalue weighted by atomic mass is 10.0. The van der Waals surface area contributed by atoms with E-state index < -0.39 is 0 Å². The summed E-state index contributed by atoms with van der Waals surface area (Å²) >= 11 is 0. The third-order valence-electron chi connectivity index (χ3n) is 4.10. The van der Waals surface area contributed by atoms with Crippen LogP contribution in [0.15, 0.2) is 48.8 Å². The Balaban J connectivity index is 0.00000225. The molecule has 6 N–H and O–H groups in total. The first-order chi connectivity index (χ1) is 12.9. The highest BCUT2D eigenvalue weighted by molar-refractivity contribution is 5.91. The van der Waals surface area contributed by atoms with Gasteiger partial charge in [0.2, 0.25) is 0 Å². The van der Waals surface area contributed by atoms with Gasteiger partial charge in [-0.15, -0.1) is 12.4 Å². The highest BCUT2D eigenvalue weighted by Gasteiger charge is 2.17. The average Bonchev–Trinajstić information content (AvgIpc) is 2.66. The standard InChI is InChI=1S/C19H14N4O4.ClH/c20-11-7-21-8-12-19(11)23-18(10-2-4-14(25)16(27)6-10)17(22-12)9-1-3-13(24)15(26)5-9;/h1-8,24-27H,20H2;1H. The molecule has 9 heteroatoms. The fraction of sp³-hybridized carbons (Fsp3) is 0. The molecule has 0 saturated carbocycles. The molecule has 0 radical (unpaired) electrons. The molecular weight excluding hydrogens is 384 g/mol. The number of nitrogens with two attached hydrogens (primary N) is 1. The molecule has 2 aromatic carbocycles. The number of halogens is 1. The van der Waals surface area contributed by atoms with Crippen molar-refractivity contribution in [3.05, 3.63) is 48.8 Å². The number of fused-ring (bicyclic) bond motifs is 1. The van der Waals surface area contributed by atoms with Gasteiger partial charge in [-0.25, -0.2) is 9.97 Å². The Kier molecular flexibility index (Phi) is 4.81. The van der Waals surface area contributed by atoms with Crippen LogP contribution in [-0.4, -0.2) is 35.4 Å². The van der Waals surface area contributed by atoms with Crippen LogP contribution in [0.2, 0.25) is 0 Å². The van der Waals surface area contributed by atoms with E-state index in [0.29, 0.717) is 39.2 Å². The summed E-state index contributed by atoms with van der Waals surface area (Å²) in [5.41, 5.74) is 8.91. The van der Waals surface area contributed by atoms with E-state index in [1.165, 1.54) is 36.7 Å². The molecule has 2 aromatic heterocycles. The van der Waals surface area contributed by atoms with E-state index in [0.717, 1.165) is 0 Å². The van der Waals surface area contributed by atoms with E-state index in [1.54, 1.807) is 12.1 Å². The van der Waals surface area contributed by atoms with Gasteiger partial charge in [0.05, 0.1) is 29.5 Å². The van der Waals surface area contributed by atoms with Crippen LogP contribution in [0.5, 0.6) is 23.0 Å². The van der Waals surface area contributed by atoms with E-state index in [9.17, 15) is 20.4 Å². The first-order valence-electron chi connectivity index (χ1n) is 7.90. The Labute approximate surface area is 165 Å². The molecule has 28 heavy (non-hydrogen) atoms. The van der Waals surface area contributed by atoms with Gasteiger partial charge in [0, 0.05) is 11.1 Å². The molecule has 142 valence electrons. The Morgan fingerprint density at radius 3 is 1.75 bits per heavy atom. The average molecular weight is 399 g/mol. The van der Waals surface area contributed by atoms with Crippen LogP contribution in [0.3, 0.4) is 0 Å². The fourth-order valence-electron chi connectivity index (χ4n) is 2.74. The van der Waals surface area contributed by atoms with Gasteiger partial charge in [-0.1, -0.05) is 0 Å². The van der Waals surface area contributed by atoms with E-state index in [2.05, 4.69) is 15.0 Å². The summed E-state index contributed by atoms with van der Waals surface area (Å²) in [6.07, 6.45) is 2.97. The number of hydrogen-bond donors (Lipinski definition) is 5. The minimum atomic E-state index is -0.309. The van der Waals surface area contributed by atoms with Crippen molar-refractivity contribution in [1.82, 2.24) is 15.0 Å². The summed E-state index contributed by atoms with van der Waals surface area (Å²) in [4.78, 5) is 13.2. The van der Waals surface area contributed by atoms with Gasteiger partial charge in [-0.2, -0.15) is 0 Å². The predicted molar refractivity (Wildman–Crippen MR) is 107 cm³/mol. The van der Waals surface area contributed by atoms with Crippen molar-refractivity contribution >= 4 is 29.1 Å². The number of benzene rings is 2. The van der Waals surface area contributed by atoms with Gasteiger partial charge >= 0.3 is 0 Å². The van der Waals surface area contributed by atoms with Crippen molar-refractivity contribution in [2.45, 2.75) is 0 Å². The van der Waals surface area contributed by atoms with Gasteiger partial charge in [-0.05, 0) is 36.4 Å². The number of aromatic nitrogens is 3. The number of nitrogen functional groups attached to an aromatic ring is 1. The SMILES string of the molecule is Cl.Nc1cncc2nc(-c3ccc(O)c(O)c3)c(-c3ccc(O)c(O)c3)nc12. The number of nitrogens with zero attached hydrogens (tertiary/aromatic N) is 3. The second-order valence-corrected chi connectivity index (χ2v) is 5.92. The maximum Gasteiger partial charge on any atom is 0.158 e. The maximum atomic E-state index is 9.87. The lowest BCUT2D eigenvalue weighted by molar-refractivity contribution is 0.404. The van der Waals surface area contributed by atoms with Crippen LogP contribution >= 0.6 is 12.4 Å². The molecule has 0 saturated heterocycles. The van der Waals surface area contributed by atoms with Gasteiger partial charge in [0.1, 0.15) is 11.0 Å². The van der Waals surface area contributed by atoms with Crippen LogP contribution in [-0.2, 0) is 0 Å². The van der Waals surface area contributed by atoms with E-state index in [-0.39, 0.29) is 35.4 Å². The minimum Gasteiger partial charge on any atom is -0.504 e. The maximum absolute atomic E-state index is 9.87. The molecular formula is C19H15ClN4O4. The first kappa shape index (κ1) is 19.0. The smallest absolute Gasteiger partial charge is 0.158 e. The molecule has 0 aliphatic carbocycles. The summed E-state index contributed by atoms with van der Waals surface area (Å²) < 4.78 is 0. The lowest BCUT2D eigenvalue weighted by Crippen LogP contribution is -1.99. The summed E-state index contributed by atoms with van der Waals surface area (Å²) in [5, 5.41) is 38.9. The van der Waals surface area contributed by atoms with Crippen molar-refractivity contribution in [2.75, 3.05) is 5.73 Å². The molecule has 0 amide bonds. The number of phenolic OH excluding ortho intramolecular Hbond substituents is 4. The molecule has 4 aromatic rings. The van der Waals surface area contributed by atoms with E-state index in [1.807, 2.05) is 0 Å². The first-order valence-corrected chi connectivity index (χ1v) is 7.90. The number of hydrogen-bond acceptors (Lipinski definition) is 8. The number of pyridine rings is 1. The summed E-state index contributed by atoms with van der Waals surface area (Å²) in [6.45, 7) is 0. The van der Waals surface area contributed by atoms with Crippen LogP contribution in [0, 0.1) is 0 Å². The van der Waals surface area contributed by atoms with Crippen molar-refractivity contribution in [1.29, 1.82) is 0 Å². The Morgan fingerprint density at radius 2 is 1.21 bits per heavy atom. The zero-order valence-electron chi connectivity index (χ0n) is 14.2. The highest BCUT2D eigenvalue weighted by atomic mass is 35.5. The van der Waals surface area contributed by atoms with E-state index in [4.69, 9.17) is 5.73 Å². The summed E-state index contributed by atoms with van der Waals surface area (Å²) in [5.74, 6) is -1.14. The van der Waals surface area contributed by atoms with Gasteiger partial charge in [0.25, 0.3) is 0 Å². The van der Waals surface area contributed by atoms with Crippen LogP contribution in [0.25, 0.3) is 33.5 Å². The van der Waals surface area contributed by atoms with E-state index >= 15 is 0 Å². The normalized spacial score (nSPS) is 10.6. The minimum absolute atomic E-state index is 0. The molecule has 8 nitrogen and oxygen atoms in total. The molecule has 0 aliphatic rings. The van der Waals surface area contributed by atoms with Crippen LogP contribution in [0.1, 0.15) is 0 Å². The molecule has 0 bridgehead atoms. The summed E-state index contributed by atoms with van der Waals surface area (Å²) in [6, 6.07) is 8.54. The zero-order valence-corrected chi connectivity index (χ0v) is 15.1. The molecule has 0 fully saturated rings. The van der Waals surface area contributed by atoms with Crippen LogP contribution < -0.4 is 5.73 Å². The lowest BCUT2D eigenvalue weighted by Gasteiger charge is -2.12. The van der Waals surface area contributed by atoms with Crippen molar-refractivity contribution < 1.29 is 20.4 Å². The van der Waals surface area contributed by atoms with Crippen molar-refractivity contribution in [3.8, 4) is 45.5 Å². The molecule has 2 heterocycles. The largest absolute Gasteiger partial charge is 0.504 e. The van der Waals surface area contributed by atoms with Crippen molar-refractivity contribution in [2.24, 2.45) is 0 Å². The predicted octanol–water partition coefficient (Wildman–Crippen LogP) is 3.19. The van der Waals surface area contributed by atoms with Gasteiger partial charge in [0.15, 0.2) is 23.0 Å². The Hall–Kier alpha value is -3.78. The second kappa shape index (κ2) is 7.09. The fourth-order valence-corrected chi connectivity index (χ4v) is 2.74. The Morgan fingerprint density at radius 1 is 0.679 bits per heavy atom. The Bertz CT molecular complexity index is 1200. The molecule has 0 unspecified atom stereocenters. The third kappa shape index (κ3) is 3.17. The van der Waals surface area contributed by atoms with Crippen LogP contribution in [0.4, 0.5) is 5.69 Å². The third-order valence-corrected chi connectivity index (χ3v) is 4.10. The van der Waals surface area contributed by atoms with Gasteiger partial charge < -0.3 is 26.2 Å². The monoisotopic (exact) mass is 398 g/mol. The number of rotatable bonds is 2. The quantitative estimate of drug-likeness (QED) is 0.323. The second-order valence-electron chi connectivity index (χ2n) is 5.92. The topological polar surface area (TPSA) is 146 Å². The molecule has 4 rings (SSSR count). The highest BCUT2D eigenvalue weighted by Crippen LogP contribution is 2.38. The number of phenols is 4. The summed E-state index contributed by atoms with van der Waals surface area (Å²) in [7, 11) is 0. The molecule has 0 spiro atoms.